The minimum Gasteiger partial charge on any atom is -0.279 e. The molecule has 0 aliphatic carbocycles. The van der Waals surface area contributed by atoms with Crippen molar-refractivity contribution in [2.24, 2.45) is 0 Å². The Morgan fingerprint density at radius 1 is 1.04 bits per heavy atom. The van der Waals surface area contributed by atoms with E-state index in [0.29, 0.717) is 29.9 Å². The summed E-state index contributed by atoms with van der Waals surface area (Å²) in [5.41, 5.74) is 3.16. The lowest BCUT2D eigenvalue weighted by atomic mass is 10.1. The Morgan fingerprint density at radius 2 is 1.77 bits per heavy atom. The van der Waals surface area contributed by atoms with Gasteiger partial charge in [-0.1, -0.05) is 18.2 Å². The largest absolute Gasteiger partial charge is 0.279 e. The van der Waals surface area contributed by atoms with Gasteiger partial charge in [0, 0.05) is 6.54 Å². The zero-order valence-electron chi connectivity index (χ0n) is 15.0. The Labute approximate surface area is 155 Å². The Kier molecular flexibility index (Phi) is 4.74. The monoisotopic (exact) mass is 394 g/mol. The molecule has 1 aliphatic rings. The van der Waals surface area contributed by atoms with Crippen LogP contribution >= 0.6 is 0 Å². The maximum atomic E-state index is 12.8. The predicted octanol–water partition coefficient (Wildman–Crippen LogP) is 2.95. The van der Waals surface area contributed by atoms with Gasteiger partial charge in [-0.25, -0.2) is 16.8 Å². The highest BCUT2D eigenvalue weighted by molar-refractivity contribution is 7.93. The van der Waals surface area contributed by atoms with Crippen molar-refractivity contribution in [2.45, 2.75) is 32.1 Å². The van der Waals surface area contributed by atoms with E-state index in [0.717, 1.165) is 11.1 Å². The molecule has 0 aromatic heterocycles. The normalized spacial score (nSPS) is 16.7. The first-order chi connectivity index (χ1) is 12.1. The van der Waals surface area contributed by atoms with Gasteiger partial charge >= 0.3 is 0 Å². The van der Waals surface area contributed by atoms with E-state index in [1.165, 1.54) is 4.31 Å². The molecular weight excluding hydrogens is 372 g/mol. The second-order valence-corrected chi connectivity index (χ2v) is 10.2. The number of anilines is 2. The van der Waals surface area contributed by atoms with Crippen molar-refractivity contribution in [1.29, 1.82) is 0 Å². The van der Waals surface area contributed by atoms with Gasteiger partial charge in [0.25, 0.3) is 10.0 Å². The molecule has 0 saturated carbocycles. The molecule has 0 atom stereocenters. The maximum Gasteiger partial charge on any atom is 0.262 e. The third-order valence-corrected chi connectivity index (χ3v) is 8.08. The Bertz CT molecular complexity index is 1060. The summed E-state index contributed by atoms with van der Waals surface area (Å²) in [4.78, 5) is 0.219. The summed E-state index contributed by atoms with van der Waals surface area (Å²) in [7, 11) is -7.10. The molecule has 8 heteroatoms. The van der Waals surface area contributed by atoms with Crippen molar-refractivity contribution in [3.63, 3.8) is 0 Å². The van der Waals surface area contributed by atoms with Crippen molar-refractivity contribution < 1.29 is 16.8 Å². The summed E-state index contributed by atoms with van der Waals surface area (Å²) in [6, 6.07) is 10.1. The van der Waals surface area contributed by atoms with Crippen LogP contribution in [0.2, 0.25) is 0 Å². The van der Waals surface area contributed by atoms with Gasteiger partial charge < -0.3 is 0 Å². The standard InChI is InChI=1S/C18H22N2O4S2/c1-13-6-4-7-18(15(13)3)26(23,24)19-17-12-16(9-8-14(17)2)20-10-5-11-25(20,21)22/h4,6-9,12,19H,5,10-11H2,1-3H3. The quantitative estimate of drug-likeness (QED) is 0.864. The van der Waals surface area contributed by atoms with Gasteiger partial charge in [-0.2, -0.15) is 0 Å². The molecule has 140 valence electrons. The number of nitrogens with zero attached hydrogens (tertiary/aromatic N) is 1. The molecule has 0 spiro atoms. The molecule has 2 aromatic rings. The molecule has 0 bridgehead atoms. The lowest BCUT2D eigenvalue weighted by Crippen LogP contribution is -2.25. The molecule has 26 heavy (non-hydrogen) atoms. The number of hydrogen-bond donors (Lipinski definition) is 1. The molecule has 0 radical (unpaired) electrons. The van der Waals surface area contributed by atoms with Gasteiger partial charge in [-0.05, 0) is 62.1 Å². The summed E-state index contributed by atoms with van der Waals surface area (Å²) in [5, 5.41) is 0. The van der Waals surface area contributed by atoms with Crippen molar-refractivity contribution in [2.75, 3.05) is 21.3 Å². The predicted molar refractivity (Wildman–Crippen MR) is 104 cm³/mol. The smallest absolute Gasteiger partial charge is 0.262 e. The molecule has 3 rings (SSSR count). The average molecular weight is 395 g/mol. The van der Waals surface area contributed by atoms with Crippen LogP contribution in [0.1, 0.15) is 23.1 Å². The molecule has 0 amide bonds. The first-order valence-corrected chi connectivity index (χ1v) is 11.4. The first-order valence-electron chi connectivity index (χ1n) is 8.32. The molecule has 1 aliphatic heterocycles. The molecule has 1 heterocycles. The minimum atomic E-state index is -3.78. The second kappa shape index (κ2) is 6.59. The van der Waals surface area contributed by atoms with Crippen LogP contribution in [-0.4, -0.2) is 29.1 Å². The van der Waals surface area contributed by atoms with E-state index in [1.54, 1.807) is 44.2 Å². The second-order valence-electron chi connectivity index (χ2n) is 6.54. The van der Waals surface area contributed by atoms with E-state index < -0.39 is 20.0 Å². The van der Waals surface area contributed by atoms with Crippen molar-refractivity contribution in [3.8, 4) is 0 Å². The fourth-order valence-electron chi connectivity index (χ4n) is 3.02. The van der Waals surface area contributed by atoms with E-state index in [9.17, 15) is 16.8 Å². The Morgan fingerprint density at radius 3 is 2.42 bits per heavy atom. The lowest BCUT2D eigenvalue weighted by Gasteiger charge is -2.19. The van der Waals surface area contributed by atoms with E-state index in [1.807, 2.05) is 13.0 Å². The van der Waals surface area contributed by atoms with Gasteiger partial charge in [-0.15, -0.1) is 0 Å². The molecule has 1 N–H and O–H groups in total. The highest BCUT2D eigenvalue weighted by atomic mass is 32.2. The number of sulfonamides is 2. The molecular formula is C18H22N2O4S2. The topological polar surface area (TPSA) is 83.6 Å². The fourth-order valence-corrected chi connectivity index (χ4v) is 6.02. The highest BCUT2D eigenvalue weighted by Crippen LogP contribution is 2.30. The SMILES string of the molecule is Cc1ccc(N2CCCS2(=O)=O)cc1NS(=O)(=O)c1cccc(C)c1C. The molecule has 1 saturated heterocycles. The summed E-state index contributed by atoms with van der Waals surface area (Å²) in [5.74, 6) is 0.115. The zero-order chi connectivity index (χ0) is 19.1. The van der Waals surface area contributed by atoms with Crippen LogP contribution in [0, 0.1) is 20.8 Å². The number of nitrogens with one attached hydrogen (secondary N) is 1. The third kappa shape index (κ3) is 3.43. The lowest BCUT2D eigenvalue weighted by molar-refractivity contribution is 0.598. The van der Waals surface area contributed by atoms with Gasteiger partial charge in [-0.3, -0.25) is 9.03 Å². The van der Waals surface area contributed by atoms with Crippen LogP contribution in [-0.2, 0) is 20.0 Å². The van der Waals surface area contributed by atoms with Crippen LogP contribution in [0.25, 0.3) is 0 Å². The zero-order valence-corrected chi connectivity index (χ0v) is 16.6. The summed E-state index contributed by atoms with van der Waals surface area (Å²) in [6.45, 7) is 5.82. The molecule has 2 aromatic carbocycles. The van der Waals surface area contributed by atoms with E-state index >= 15 is 0 Å². The van der Waals surface area contributed by atoms with Crippen LogP contribution in [0.15, 0.2) is 41.3 Å². The van der Waals surface area contributed by atoms with Gasteiger partial charge in [0.2, 0.25) is 10.0 Å². The molecule has 1 fully saturated rings. The summed E-state index contributed by atoms with van der Waals surface area (Å²) >= 11 is 0. The van der Waals surface area contributed by atoms with Crippen molar-refractivity contribution >= 4 is 31.4 Å². The highest BCUT2D eigenvalue weighted by Gasteiger charge is 2.29. The van der Waals surface area contributed by atoms with Crippen molar-refractivity contribution in [1.82, 2.24) is 0 Å². The average Bonchev–Trinajstić information content (AvgIpc) is 2.91. The minimum absolute atomic E-state index is 0.115. The van der Waals surface area contributed by atoms with Crippen LogP contribution in [0.5, 0.6) is 0 Å². The van der Waals surface area contributed by atoms with Gasteiger partial charge in [0.1, 0.15) is 0 Å². The van der Waals surface area contributed by atoms with Crippen LogP contribution in [0.3, 0.4) is 0 Å². The summed E-state index contributed by atoms with van der Waals surface area (Å²) < 4.78 is 53.9. The van der Waals surface area contributed by atoms with Crippen LogP contribution in [0.4, 0.5) is 11.4 Å². The fraction of sp³-hybridized carbons (Fsp3) is 0.333. The van der Waals surface area contributed by atoms with Gasteiger partial charge in [0.05, 0.1) is 22.0 Å². The Hall–Kier alpha value is -2.06. The van der Waals surface area contributed by atoms with Crippen LogP contribution < -0.4 is 9.03 Å². The van der Waals surface area contributed by atoms with E-state index in [4.69, 9.17) is 0 Å². The van der Waals surface area contributed by atoms with Gasteiger partial charge in [0.15, 0.2) is 0 Å². The Balaban J connectivity index is 2.00. The number of aryl methyl sites for hydroxylation is 2. The third-order valence-electron chi connectivity index (χ3n) is 4.70. The maximum absolute atomic E-state index is 12.8. The van der Waals surface area contributed by atoms with Crippen molar-refractivity contribution in [3.05, 3.63) is 53.1 Å². The molecule has 6 nitrogen and oxygen atoms in total. The molecule has 0 unspecified atom stereocenters. The van der Waals surface area contributed by atoms with E-state index in [2.05, 4.69) is 4.72 Å². The summed E-state index contributed by atoms with van der Waals surface area (Å²) in [6.07, 6.45) is 0.569. The number of rotatable bonds is 4. The number of hydrogen-bond acceptors (Lipinski definition) is 4. The number of benzene rings is 2. The first kappa shape index (κ1) is 18.7. The van der Waals surface area contributed by atoms with E-state index in [-0.39, 0.29) is 10.6 Å².